The fourth-order valence-electron chi connectivity index (χ4n) is 2.29. The van der Waals surface area contributed by atoms with Crippen LogP contribution >= 0.6 is 0 Å². The molecule has 0 saturated heterocycles. The Hall–Kier alpha value is -2.44. The zero-order chi connectivity index (χ0) is 37.7. The van der Waals surface area contributed by atoms with Crippen molar-refractivity contribution in [2.24, 2.45) is 0 Å². The van der Waals surface area contributed by atoms with Crippen molar-refractivity contribution in [3.05, 3.63) is 0 Å². The van der Waals surface area contributed by atoms with Crippen LogP contribution in [0.25, 0.3) is 0 Å². The Morgan fingerprint density at radius 3 is 0.911 bits per heavy atom. The van der Waals surface area contributed by atoms with Gasteiger partial charge in [-0.05, 0) is 0 Å². The van der Waals surface area contributed by atoms with Gasteiger partial charge in [-0.1, -0.05) is 4.31 Å². The number of halogens is 26. The topological polar surface area (TPSA) is 74.7 Å². The summed E-state index contributed by atoms with van der Waals surface area (Å²) in [6, 6.07) is -17.2. The van der Waals surface area contributed by atoms with Crippen molar-refractivity contribution < 1.29 is 132 Å². The maximum absolute atomic E-state index is 14.0. The van der Waals surface area contributed by atoms with Crippen LogP contribution in [0.2, 0.25) is 0 Å². The summed E-state index contributed by atoms with van der Waals surface area (Å²) >= 11 is 0. The minimum absolute atomic E-state index is 5.00. The van der Waals surface area contributed by atoms with Crippen LogP contribution in [0.4, 0.5) is 114 Å². The molecule has 45 heavy (non-hydrogen) atoms. The van der Waals surface area contributed by atoms with Crippen molar-refractivity contribution in [2.75, 3.05) is 0 Å². The van der Waals surface area contributed by atoms with Gasteiger partial charge in [-0.15, -0.1) is 0 Å². The number of carboxylic acids is 1. The quantitative estimate of drug-likeness (QED) is 0.171. The summed E-state index contributed by atoms with van der Waals surface area (Å²) < 4.78 is 361. The second-order valence-electron chi connectivity index (χ2n) is 7.69. The lowest BCUT2D eigenvalue weighted by Crippen LogP contribution is -2.77. The lowest BCUT2D eigenvalue weighted by molar-refractivity contribution is -0.458. The summed E-state index contributed by atoms with van der Waals surface area (Å²) in [5.41, 5.74) is 0. The molecule has 0 radical (unpaired) electrons. The van der Waals surface area contributed by atoms with Gasteiger partial charge in [0.2, 0.25) is 0 Å². The van der Waals surface area contributed by atoms with E-state index in [-0.39, 0.29) is 0 Å². The third-order valence-electron chi connectivity index (χ3n) is 4.76. The first-order valence-electron chi connectivity index (χ1n) is 9.01. The number of hydrogen-bond acceptors (Lipinski definition) is 3. The van der Waals surface area contributed by atoms with Gasteiger partial charge in [0, 0.05) is 0 Å². The van der Waals surface area contributed by atoms with E-state index in [2.05, 4.69) is 0 Å². The summed E-state index contributed by atoms with van der Waals surface area (Å²) in [7, 11) is -10.4. The van der Waals surface area contributed by atoms with Gasteiger partial charge < -0.3 is 5.11 Å². The van der Waals surface area contributed by atoms with Crippen molar-refractivity contribution in [3.8, 4) is 0 Å². The summed E-state index contributed by atoms with van der Waals surface area (Å²) in [6.07, 6.45) is -16.6. The van der Waals surface area contributed by atoms with E-state index in [0.717, 1.165) is 0 Å². The van der Waals surface area contributed by atoms with Crippen molar-refractivity contribution in [1.29, 1.82) is 0 Å². The number of aliphatic carboxylic acids is 1. The minimum Gasteiger partial charge on any atom is -0.476 e. The largest absolute Gasteiger partial charge is 0.476 e. The molecule has 1 N–H and O–H groups in total. The lowest BCUT2D eigenvalue weighted by atomic mass is 9.91. The summed E-state index contributed by atoms with van der Waals surface area (Å²) in [6.45, 7) is 0. The van der Waals surface area contributed by atoms with Gasteiger partial charge in [-0.3, -0.25) is 0 Å². The van der Waals surface area contributed by atoms with E-state index in [0.29, 0.717) is 0 Å². The third kappa shape index (κ3) is 5.23. The number of hydrogen-bond donors (Lipinski definition) is 1. The Bertz CT molecular complexity index is 1240. The number of nitrogens with zero attached hydrogens (tertiary/aromatic N) is 1. The molecule has 32 heteroatoms. The molecule has 0 aromatic heterocycles. The highest BCUT2D eigenvalue weighted by Gasteiger charge is 2.97. The first-order valence-corrected chi connectivity index (χ1v) is 10.4. The molecular weight excluding hydrogens is 760 g/mol. The molecule has 0 aromatic rings. The van der Waals surface area contributed by atoms with Crippen LogP contribution in [0.5, 0.6) is 0 Å². The van der Waals surface area contributed by atoms with Crippen molar-refractivity contribution in [3.63, 3.8) is 0 Å². The van der Waals surface area contributed by atoms with Crippen molar-refractivity contribution in [1.82, 2.24) is 4.31 Å². The summed E-state index contributed by atoms with van der Waals surface area (Å²) in [4.78, 5) is 10.3. The molecule has 0 aliphatic rings. The van der Waals surface area contributed by atoms with E-state index in [9.17, 15) is 127 Å². The first kappa shape index (κ1) is 42.6. The smallest absolute Gasteiger partial charge is 0.461 e. The summed E-state index contributed by atoms with van der Waals surface area (Å²) in [5, 5.41) is -1.63. The predicted octanol–water partition coefficient (Wildman–Crippen LogP) is 7.05. The molecule has 0 aromatic carbocycles. The van der Waals surface area contributed by atoms with Gasteiger partial charge in [0.1, 0.15) is 0 Å². The van der Waals surface area contributed by atoms with Crippen LogP contribution in [0.1, 0.15) is 0 Å². The first-order chi connectivity index (χ1) is 18.8. The van der Waals surface area contributed by atoms with E-state index in [1.807, 2.05) is 0 Å². The van der Waals surface area contributed by atoms with E-state index in [1.54, 1.807) is 0 Å². The van der Waals surface area contributed by atoms with Gasteiger partial charge in [-0.2, -0.15) is 114 Å². The molecule has 270 valence electrons. The minimum atomic E-state index is -10.4. The molecule has 0 saturated carbocycles. The number of sulfonamides is 1. The fraction of sp³-hybridized carbons (Fsp3) is 0.923. The Morgan fingerprint density at radius 2 is 0.667 bits per heavy atom. The maximum Gasteiger partial charge on any atom is 0.461 e. The van der Waals surface area contributed by atoms with Crippen molar-refractivity contribution in [2.45, 2.75) is 71.2 Å². The normalized spacial score (nSPS) is 16.8. The molecule has 0 atom stereocenters. The highest BCUT2D eigenvalue weighted by Crippen LogP contribution is 2.65. The lowest BCUT2D eigenvalue weighted by Gasteiger charge is -2.44. The van der Waals surface area contributed by atoms with Crippen LogP contribution < -0.4 is 0 Å². The average Bonchev–Trinajstić information content (AvgIpc) is 2.75. The average molecular weight is 761 g/mol. The Kier molecular flexibility index (Phi) is 9.72. The van der Waals surface area contributed by atoms with Crippen molar-refractivity contribution >= 4 is 16.0 Å². The number of carboxylic acid groups (broad SMARTS) is 1. The monoisotopic (exact) mass is 761 g/mol. The van der Waals surface area contributed by atoms with Gasteiger partial charge in [0.15, 0.2) is 0 Å². The molecule has 0 heterocycles. The maximum atomic E-state index is 14.0. The standard InChI is InChI=1S/C13HF26NO4S/c14-2(15,1(41)42)40(12(36,37)9(28,29)11(33,34)35)45(43,44)13(38,39)8(26,27)6(22,23)4(18,19)3(16,17)5(20,21)7(24,25)10(30,31)32/h(H,41,42). The predicted molar refractivity (Wildman–Crippen MR) is 80.0 cm³/mol. The molecule has 5 nitrogen and oxygen atoms in total. The highest BCUT2D eigenvalue weighted by atomic mass is 32.2. The van der Waals surface area contributed by atoms with E-state index in [1.165, 1.54) is 0 Å². The molecule has 0 rings (SSSR count). The molecule has 0 amide bonds. The molecule has 0 aliphatic heterocycles. The van der Waals surface area contributed by atoms with E-state index in [4.69, 9.17) is 5.11 Å². The molecular formula is C13HF26NO4S. The fourth-order valence-corrected chi connectivity index (χ4v) is 3.77. The van der Waals surface area contributed by atoms with Gasteiger partial charge in [0.05, 0.1) is 0 Å². The van der Waals surface area contributed by atoms with E-state index < -0.39 is 91.5 Å². The third-order valence-corrected chi connectivity index (χ3v) is 6.60. The Balaban J connectivity index is 7.93. The number of rotatable bonds is 12. The Labute approximate surface area is 225 Å². The molecule has 0 aliphatic carbocycles. The zero-order valence-corrected chi connectivity index (χ0v) is 19.7. The SMILES string of the molecule is O=C(O)C(F)(F)N(C(F)(F)C(F)(F)C(F)(F)F)S(=O)(=O)C(F)(F)C(F)(F)C(F)(F)C(F)(F)C(F)(F)C(F)(F)C(F)(F)C(F)(F)F. The van der Waals surface area contributed by atoms with Crippen LogP contribution in [-0.4, -0.2) is 95.0 Å². The van der Waals surface area contributed by atoms with Crippen LogP contribution in [-0.2, 0) is 14.8 Å². The van der Waals surface area contributed by atoms with Crippen LogP contribution in [0.3, 0.4) is 0 Å². The number of carbonyl (C=O) groups is 1. The second-order valence-corrected chi connectivity index (χ2v) is 9.52. The summed E-state index contributed by atoms with van der Waals surface area (Å²) in [5.74, 6) is -70.5. The van der Waals surface area contributed by atoms with Gasteiger partial charge in [-0.25, -0.2) is 13.2 Å². The van der Waals surface area contributed by atoms with E-state index >= 15 is 0 Å². The molecule has 0 spiro atoms. The van der Waals surface area contributed by atoms with Gasteiger partial charge >= 0.3 is 77.1 Å². The van der Waals surface area contributed by atoms with Crippen LogP contribution in [0.15, 0.2) is 0 Å². The molecule has 0 bridgehead atoms. The zero-order valence-electron chi connectivity index (χ0n) is 18.9. The second kappa shape index (κ2) is 10.3. The number of alkyl halides is 26. The Morgan fingerprint density at radius 1 is 0.422 bits per heavy atom. The van der Waals surface area contributed by atoms with Gasteiger partial charge in [0.25, 0.3) is 10.0 Å². The molecule has 0 fully saturated rings. The molecule has 0 unspecified atom stereocenters. The van der Waals surface area contributed by atoms with Crippen LogP contribution in [0, 0.1) is 0 Å². The highest BCUT2D eigenvalue weighted by molar-refractivity contribution is 7.90.